The molecule has 0 spiro atoms. The maximum atomic E-state index is 12.7. The molecule has 8 nitrogen and oxygen atoms in total. The lowest BCUT2D eigenvalue weighted by Crippen LogP contribution is -2.44. The minimum absolute atomic E-state index is 0.136. The number of nitrogens with one attached hydrogen (secondary N) is 1. The van der Waals surface area contributed by atoms with E-state index >= 15 is 0 Å². The molecular weight excluding hydrogens is 434 g/mol. The number of benzene rings is 1. The highest BCUT2D eigenvalue weighted by Gasteiger charge is 2.27. The van der Waals surface area contributed by atoms with Gasteiger partial charge in [-0.15, -0.1) is 0 Å². The molecule has 2 heterocycles. The molecule has 2 aromatic rings. The standard InChI is InChI=1S/C26H33N3O5/c1-33-22-8-5-19(6-9-22)16-23(26(32)34-2)28-24(30)17-20-11-14-29(15-12-20)25(31)10-7-21-4-3-13-27-18-21/h3-6,8-9,13,18,20,23H,7,10-12,14-17H2,1-2H3,(H,28,30)/t23-/m0/s1. The number of aryl methyl sites for hydroxylation is 1. The molecule has 1 aliphatic heterocycles. The van der Waals surface area contributed by atoms with Crippen LogP contribution in [0.3, 0.4) is 0 Å². The molecule has 1 aliphatic rings. The molecule has 3 rings (SSSR count). The van der Waals surface area contributed by atoms with Crippen LogP contribution in [0.2, 0.25) is 0 Å². The lowest BCUT2D eigenvalue weighted by atomic mass is 9.92. The molecule has 1 aromatic carbocycles. The molecule has 0 unspecified atom stereocenters. The van der Waals surface area contributed by atoms with E-state index in [-0.39, 0.29) is 17.7 Å². The summed E-state index contributed by atoms with van der Waals surface area (Å²) < 4.78 is 10.0. The van der Waals surface area contributed by atoms with E-state index in [1.165, 1.54) is 7.11 Å². The largest absolute Gasteiger partial charge is 0.497 e. The van der Waals surface area contributed by atoms with Gasteiger partial charge in [-0.3, -0.25) is 14.6 Å². The fourth-order valence-electron chi connectivity index (χ4n) is 4.19. The molecule has 2 amide bonds. The van der Waals surface area contributed by atoms with Gasteiger partial charge in [-0.2, -0.15) is 0 Å². The second kappa shape index (κ2) is 12.7. The molecule has 1 saturated heterocycles. The van der Waals surface area contributed by atoms with Gasteiger partial charge in [0.2, 0.25) is 11.8 Å². The first-order valence-corrected chi connectivity index (χ1v) is 11.6. The molecule has 0 bridgehead atoms. The van der Waals surface area contributed by atoms with E-state index in [4.69, 9.17) is 9.47 Å². The number of nitrogens with zero attached hydrogens (tertiary/aromatic N) is 2. The number of carbonyl (C=O) groups is 3. The van der Waals surface area contributed by atoms with Crippen LogP contribution in [0.15, 0.2) is 48.8 Å². The summed E-state index contributed by atoms with van der Waals surface area (Å²) in [5.74, 6) is 0.395. The van der Waals surface area contributed by atoms with Crippen molar-refractivity contribution in [1.82, 2.24) is 15.2 Å². The van der Waals surface area contributed by atoms with Crippen molar-refractivity contribution < 1.29 is 23.9 Å². The highest BCUT2D eigenvalue weighted by Crippen LogP contribution is 2.22. The Morgan fingerprint density at radius 2 is 1.82 bits per heavy atom. The Bertz CT molecular complexity index is 941. The number of pyridine rings is 1. The quantitative estimate of drug-likeness (QED) is 0.540. The Labute approximate surface area is 200 Å². The number of aromatic nitrogens is 1. The van der Waals surface area contributed by atoms with Gasteiger partial charge in [0.05, 0.1) is 14.2 Å². The average Bonchev–Trinajstić information content (AvgIpc) is 2.87. The Morgan fingerprint density at radius 3 is 2.44 bits per heavy atom. The Balaban J connectivity index is 1.44. The lowest BCUT2D eigenvalue weighted by Gasteiger charge is -2.32. The summed E-state index contributed by atoms with van der Waals surface area (Å²) in [7, 11) is 2.91. The number of hydrogen-bond acceptors (Lipinski definition) is 6. The number of amides is 2. The molecule has 1 fully saturated rings. The highest BCUT2D eigenvalue weighted by molar-refractivity contribution is 5.84. The van der Waals surface area contributed by atoms with Crippen molar-refractivity contribution in [3.05, 3.63) is 59.9 Å². The van der Waals surface area contributed by atoms with Crippen molar-refractivity contribution in [3.8, 4) is 5.75 Å². The number of carbonyl (C=O) groups excluding carboxylic acids is 3. The van der Waals surface area contributed by atoms with Gasteiger partial charge in [-0.1, -0.05) is 18.2 Å². The smallest absolute Gasteiger partial charge is 0.328 e. The van der Waals surface area contributed by atoms with Crippen molar-refractivity contribution in [3.63, 3.8) is 0 Å². The van der Waals surface area contributed by atoms with E-state index in [0.29, 0.717) is 38.8 Å². The Morgan fingerprint density at radius 1 is 1.09 bits per heavy atom. The zero-order valence-corrected chi connectivity index (χ0v) is 19.9. The van der Waals surface area contributed by atoms with Gasteiger partial charge in [0.15, 0.2) is 0 Å². The monoisotopic (exact) mass is 467 g/mol. The van der Waals surface area contributed by atoms with Gasteiger partial charge in [-0.25, -0.2) is 4.79 Å². The van der Waals surface area contributed by atoms with Crippen LogP contribution >= 0.6 is 0 Å². The fourth-order valence-corrected chi connectivity index (χ4v) is 4.19. The first kappa shape index (κ1) is 25.2. The summed E-state index contributed by atoms with van der Waals surface area (Å²) in [6.45, 7) is 1.30. The van der Waals surface area contributed by atoms with Crippen LogP contribution in [-0.4, -0.2) is 61.0 Å². The third kappa shape index (κ3) is 7.57. The molecule has 0 aliphatic carbocycles. The molecule has 0 radical (unpaired) electrons. The van der Waals surface area contributed by atoms with E-state index in [1.807, 2.05) is 41.3 Å². The van der Waals surface area contributed by atoms with E-state index in [0.717, 1.165) is 29.7 Å². The van der Waals surface area contributed by atoms with Crippen LogP contribution in [0.1, 0.15) is 36.8 Å². The first-order chi connectivity index (χ1) is 16.5. The number of likely N-dealkylation sites (tertiary alicyclic amines) is 1. The SMILES string of the molecule is COC(=O)[C@H](Cc1ccc(OC)cc1)NC(=O)CC1CCN(C(=O)CCc2cccnc2)CC1. The third-order valence-electron chi connectivity index (χ3n) is 6.21. The van der Waals surface area contributed by atoms with E-state index < -0.39 is 12.0 Å². The molecule has 1 aromatic heterocycles. The van der Waals surface area contributed by atoms with Crippen molar-refractivity contribution in [1.29, 1.82) is 0 Å². The number of methoxy groups -OCH3 is 2. The van der Waals surface area contributed by atoms with Crippen molar-refractivity contribution in [2.75, 3.05) is 27.3 Å². The summed E-state index contributed by atoms with van der Waals surface area (Å²) >= 11 is 0. The predicted octanol–water partition coefficient (Wildman–Crippen LogP) is 2.55. The normalized spacial score (nSPS) is 14.8. The zero-order valence-electron chi connectivity index (χ0n) is 19.9. The van der Waals surface area contributed by atoms with Gasteiger partial charge in [-0.05, 0) is 54.5 Å². The number of rotatable bonds is 10. The summed E-state index contributed by atoms with van der Waals surface area (Å²) in [5, 5.41) is 2.83. The number of hydrogen-bond donors (Lipinski definition) is 1. The number of esters is 1. The Kier molecular flexibility index (Phi) is 9.43. The van der Waals surface area contributed by atoms with E-state index in [2.05, 4.69) is 10.3 Å². The second-order valence-corrected chi connectivity index (χ2v) is 8.59. The molecule has 182 valence electrons. The van der Waals surface area contributed by atoms with Gasteiger partial charge >= 0.3 is 5.97 Å². The van der Waals surface area contributed by atoms with Crippen LogP contribution in [0.25, 0.3) is 0 Å². The topological polar surface area (TPSA) is 97.8 Å². The van der Waals surface area contributed by atoms with Crippen molar-refractivity contribution >= 4 is 17.8 Å². The number of ether oxygens (including phenoxy) is 2. The molecule has 0 saturated carbocycles. The molecule has 34 heavy (non-hydrogen) atoms. The summed E-state index contributed by atoms with van der Waals surface area (Å²) in [6, 6.07) is 10.5. The van der Waals surface area contributed by atoms with Gasteiger partial charge in [0, 0.05) is 44.7 Å². The van der Waals surface area contributed by atoms with E-state index in [9.17, 15) is 14.4 Å². The summed E-state index contributed by atoms with van der Waals surface area (Å²) in [5.41, 5.74) is 1.95. The fraction of sp³-hybridized carbons (Fsp3) is 0.462. The summed E-state index contributed by atoms with van der Waals surface area (Å²) in [4.78, 5) is 43.4. The van der Waals surface area contributed by atoms with Crippen molar-refractivity contribution in [2.45, 2.75) is 44.6 Å². The minimum atomic E-state index is -0.750. The van der Waals surface area contributed by atoms with Gasteiger partial charge in [0.1, 0.15) is 11.8 Å². The van der Waals surface area contributed by atoms with Crippen LogP contribution in [-0.2, 0) is 32.0 Å². The third-order valence-corrected chi connectivity index (χ3v) is 6.21. The zero-order chi connectivity index (χ0) is 24.3. The van der Waals surface area contributed by atoms with Crippen molar-refractivity contribution in [2.24, 2.45) is 5.92 Å². The van der Waals surface area contributed by atoms with Crippen LogP contribution < -0.4 is 10.1 Å². The molecule has 1 N–H and O–H groups in total. The lowest BCUT2D eigenvalue weighted by molar-refractivity contribution is -0.145. The van der Waals surface area contributed by atoms with Crippen LogP contribution in [0.4, 0.5) is 0 Å². The second-order valence-electron chi connectivity index (χ2n) is 8.59. The minimum Gasteiger partial charge on any atom is -0.497 e. The average molecular weight is 468 g/mol. The maximum Gasteiger partial charge on any atom is 0.328 e. The first-order valence-electron chi connectivity index (χ1n) is 11.6. The van der Waals surface area contributed by atoms with Crippen LogP contribution in [0.5, 0.6) is 5.75 Å². The molecule has 8 heteroatoms. The van der Waals surface area contributed by atoms with Gasteiger partial charge in [0.25, 0.3) is 0 Å². The Hall–Kier alpha value is -3.42. The summed E-state index contributed by atoms with van der Waals surface area (Å²) in [6.07, 6.45) is 6.86. The number of piperidine rings is 1. The van der Waals surface area contributed by atoms with Crippen LogP contribution in [0, 0.1) is 5.92 Å². The van der Waals surface area contributed by atoms with E-state index in [1.54, 1.807) is 19.5 Å². The highest BCUT2D eigenvalue weighted by atomic mass is 16.5. The molecular formula is C26H33N3O5. The maximum absolute atomic E-state index is 12.7. The predicted molar refractivity (Wildman–Crippen MR) is 127 cm³/mol. The molecule has 1 atom stereocenters. The van der Waals surface area contributed by atoms with Gasteiger partial charge < -0.3 is 19.7 Å².